The Balaban J connectivity index is 1.75. The summed E-state index contributed by atoms with van der Waals surface area (Å²) in [6.07, 6.45) is 0. The number of benzene rings is 1. The molecule has 0 aromatic heterocycles. The second-order valence-corrected chi connectivity index (χ2v) is 4.89. The van der Waals surface area contributed by atoms with Crippen molar-refractivity contribution in [3.63, 3.8) is 0 Å². The van der Waals surface area contributed by atoms with Crippen LogP contribution < -0.4 is 4.90 Å². The van der Waals surface area contributed by atoms with Gasteiger partial charge in [-0.25, -0.2) is 4.39 Å². The normalized spacial score (nSPS) is 15.3. The summed E-state index contributed by atoms with van der Waals surface area (Å²) in [4.78, 5) is 15.9. The van der Waals surface area contributed by atoms with Gasteiger partial charge in [0.15, 0.2) is 0 Å². The molecule has 0 spiro atoms. The Morgan fingerprint density at radius 2 is 1.81 bits per heavy atom. The number of carbonyl (C=O) groups excluding carboxylic acids is 1. The SMILES string of the molecule is COCCOCC(=O)N1CCN(c2ccc(F)cc2)CC1. The van der Waals surface area contributed by atoms with E-state index in [0.29, 0.717) is 26.3 Å². The molecule has 1 fully saturated rings. The third kappa shape index (κ3) is 4.68. The quantitative estimate of drug-likeness (QED) is 0.738. The van der Waals surface area contributed by atoms with Crippen LogP contribution in [0.1, 0.15) is 0 Å². The standard InChI is InChI=1S/C15H21FN2O3/c1-20-10-11-21-12-15(19)18-8-6-17(7-9-18)14-4-2-13(16)3-5-14/h2-5H,6-12H2,1H3. The summed E-state index contributed by atoms with van der Waals surface area (Å²) in [5.74, 6) is -0.231. The first-order chi connectivity index (χ1) is 10.2. The van der Waals surface area contributed by atoms with Crippen molar-refractivity contribution >= 4 is 11.6 Å². The molecule has 0 atom stereocenters. The zero-order chi connectivity index (χ0) is 15.1. The fourth-order valence-electron chi connectivity index (χ4n) is 2.26. The van der Waals surface area contributed by atoms with Gasteiger partial charge in [-0.05, 0) is 24.3 Å². The van der Waals surface area contributed by atoms with Crippen LogP contribution >= 0.6 is 0 Å². The van der Waals surface area contributed by atoms with E-state index in [-0.39, 0.29) is 18.3 Å². The number of halogens is 1. The number of nitrogens with zero attached hydrogens (tertiary/aromatic N) is 2. The van der Waals surface area contributed by atoms with E-state index in [4.69, 9.17) is 9.47 Å². The maximum absolute atomic E-state index is 12.9. The van der Waals surface area contributed by atoms with Crippen molar-refractivity contribution in [3.8, 4) is 0 Å². The van der Waals surface area contributed by atoms with Gasteiger partial charge in [0.2, 0.25) is 5.91 Å². The summed E-state index contributed by atoms with van der Waals surface area (Å²) in [5, 5.41) is 0. The Labute approximate surface area is 124 Å². The predicted octanol–water partition coefficient (Wildman–Crippen LogP) is 1.14. The van der Waals surface area contributed by atoms with E-state index in [1.807, 2.05) is 0 Å². The van der Waals surface area contributed by atoms with E-state index < -0.39 is 0 Å². The fourth-order valence-corrected chi connectivity index (χ4v) is 2.26. The summed E-state index contributed by atoms with van der Waals surface area (Å²) >= 11 is 0. The molecule has 1 saturated heterocycles. The molecule has 1 amide bonds. The number of methoxy groups -OCH3 is 1. The summed E-state index contributed by atoms with van der Waals surface area (Å²) < 4.78 is 23.0. The lowest BCUT2D eigenvalue weighted by Gasteiger charge is -2.36. The average molecular weight is 296 g/mol. The van der Waals surface area contributed by atoms with Gasteiger partial charge in [0, 0.05) is 39.0 Å². The third-order valence-corrected chi connectivity index (χ3v) is 3.48. The molecular weight excluding hydrogens is 275 g/mol. The van der Waals surface area contributed by atoms with E-state index in [1.54, 1.807) is 24.1 Å². The molecule has 1 aliphatic rings. The van der Waals surface area contributed by atoms with Gasteiger partial charge in [0.05, 0.1) is 13.2 Å². The zero-order valence-electron chi connectivity index (χ0n) is 12.3. The molecule has 1 aliphatic heterocycles. The summed E-state index contributed by atoms with van der Waals surface area (Å²) in [7, 11) is 1.60. The van der Waals surface area contributed by atoms with Gasteiger partial charge in [-0.1, -0.05) is 0 Å². The van der Waals surface area contributed by atoms with E-state index in [1.165, 1.54) is 12.1 Å². The summed E-state index contributed by atoms with van der Waals surface area (Å²) in [6.45, 7) is 3.82. The van der Waals surface area contributed by atoms with Crippen molar-refractivity contribution < 1.29 is 18.7 Å². The van der Waals surface area contributed by atoms with Crippen LogP contribution in [0, 0.1) is 5.82 Å². The number of piperazine rings is 1. The molecule has 0 aliphatic carbocycles. The highest BCUT2D eigenvalue weighted by Gasteiger charge is 2.21. The summed E-state index contributed by atoms with van der Waals surface area (Å²) in [5.41, 5.74) is 0.986. The minimum Gasteiger partial charge on any atom is -0.382 e. The molecule has 0 unspecified atom stereocenters. The number of rotatable bonds is 6. The van der Waals surface area contributed by atoms with Gasteiger partial charge in [0.25, 0.3) is 0 Å². The second kappa shape index (κ2) is 7.95. The lowest BCUT2D eigenvalue weighted by Crippen LogP contribution is -2.49. The van der Waals surface area contributed by atoms with Crippen molar-refractivity contribution in [1.82, 2.24) is 4.90 Å². The van der Waals surface area contributed by atoms with Gasteiger partial charge >= 0.3 is 0 Å². The maximum atomic E-state index is 12.9. The second-order valence-electron chi connectivity index (χ2n) is 4.89. The molecule has 1 heterocycles. The first kappa shape index (κ1) is 15.7. The largest absolute Gasteiger partial charge is 0.382 e. The zero-order valence-corrected chi connectivity index (χ0v) is 12.3. The molecule has 0 radical (unpaired) electrons. The van der Waals surface area contributed by atoms with Crippen molar-refractivity contribution in [1.29, 1.82) is 0 Å². The van der Waals surface area contributed by atoms with Crippen molar-refractivity contribution in [3.05, 3.63) is 30.1 Å². The first-order valence-electron chi connectivity index (χ1n) is 7.05. The lowest BCUT2D eigenvalue weighted by atomic mass is 10.2. The highest BCUT2D eigenvalue weighted by Crippen LogP contribution is 2.16. The molecule has 21 heavy (non-hydrogen) atoms. The topological polar surface area (TPSA) is 42.0 Å². The Morgan fingerprint density at radius 3 is 2.43 bits per heavy atom. The Hall–Kier alpha value is -1.66. The molecule has 0 N–H and O–H groups in total. The van der Waals surface area contributed by atoms with Gasteiger partial charge in [-0.2, -0.15) is 0 Å². The molecular formula is C15H21FN2O3. The number of ether oxygens (including phenoxy) is 2. The number of hydrogen-bond acceptors (Lipinski definition) is 4. The van der Waals surface area contributed by atoms with Crippen LogP contribution in [-0.4, -0.2) is 63.9 Å². The molecule has 5 nitrogen and oxygen atoms in total. The minimum absolute atomic E-state index is 0.00450. The van der Waals surface area contributed by atoms with Crippen LogP contribution in [0.25, 0.3) is 0 Å². The van der Waals surface area contributed by atoms with Crippen LogP contribution in [0.2, 0.25) is 0 Å². The first-order valence-corrected chi connectivity index (χ1v) is 7.05. The summed E-state index contributed by atoms with van der Waals surface area (Å²) in [6, 6.07) is 6.44. The Kier molecular flexibility index (Phi) is 5.95. The van der Waals surface area contributed by atoms with Gasteiger partial charge < -0.3 is 19.3 Å². The van der Waals surface area contributed by atoms with Gasteiger partial charge in [-0.3, -0.25) is 4.79 Å². The predicted molar refractivity (Wildman–Crippen MR) is 77.9 cm³/mol. The van der Waals surface area contributed by atoms with Gasteiger partial charge in [-0.15, -0.1) is 0 Å². The van der Waals surface area contributed by atoms with E-state index in [0.717, 1.165) is 18.8 Å². The minimum atomic E-state index is -0.235. The highest BCUT2D eigenvalue weighted by atomic mass is 19.1. The lowest BCUT2D eigenvalue weighted by molar-refractivity contribution is -0.136. The van der Waals surface area contributed by atoms with E-state index in [9.17, 15) is 9.18 Å². The Bertz CT molecular complexity index is 445. The molecule has 1 aromatic rings. The molecule has 1 aromatic carbocycles. The van der Waals surface area contributed by atoms with Crippen LogP contribution in [0.5, 0.6) is 0 Å². The Morgan fingerprint density at radius 1 is 1.14 bits per heavy atom. The van der Waals surface area contributed by atoms with Gasteiger partial charge in [0.1, 0.15) is 12.4 Å². The number of anilines is 1. The smallest absolute Gasteiger partial charge is 0.248 e. The fraction of sp³-hybridized carbons (Fsp3) is 0.533. The molecule has 2 rings (SSSR count). The van der Waals surface area contributed by atoms with Crippen molar-refractivity contribution in [2.24, 2.45) is 0 Å². The molecule has 6 heteroatoms. The molecule has 0 saturated carbocycles. The number of carbonyl (C=O) groups is 1. The number of amides is 1. The van der Waals surface area contributed by atoms with Crippen LogP contribution in [0.4, 0.5) is 10.1 Å². The highest BCUT2D eigenvalue weighted by molar-refractivity contribution is 5.77. The van der Waals surface area contributed by atoms with Crippen molar-refractivity contribution in [2.45, 2.75) is 0 Å². The van der Waals surface area contributed by atoms with E-state index >= 15 is 0 Å². The maximum Gasteiger partial charge on any atom is 0.248 e. The third-order valence-electron chi connectivity index (χ3n) is 3.48. The molecule has 116 valence electrons. The van der Waals surface area contributed by atoms with Crippen LogP contribution in [0.15, 0.2) is 24.3 Å². The number of hydrogen-bond donors (Lipinski definition) is 0. The van der Waals surface area contributed by atoms with E-state index in [2.05, 4.69) is 4.90 Å². The van der Waals surface area contributed by atoms with Crippen LogP contribution in [-0.2, 0) is 14.3 Å². The average Bonchev–Trinajstić information content (AvgIpc) is 2.52. The van der Waals surface area contributed by atoms with Crippen LogP contribution in [0.3, 0.4) is 0 Å². The monoisotopic (exact) mass is 296 g/mol. The molecule has 0 bridgehead atoms. The van der Waals surface area contributed by atoms with Crippen molar-refractivity contribution in [2.75, 3.05) is 58.0 Å².